The number of benzene rings is 1. The highest BCUT2D eigenvalue weighted by Crippen LogP contribution is 2.30. The first kappa shape index (κ1) is 15.8. The molecule has 2 rings (SSSR count). The normalized spacial score (nSPS) is 24.6. The monoisotopic (exact) mass is 362 g/mol. The zero-order valence-electron chi connectivity index (χ0n) is 11.8. The molecule has 1 aromatic carbocycles. The summed E-state index contributed by atoms with van der Waals surface area (Å²) < 4.78 is 32.9. The molecule has 2 unspecified atom stereocenters. The summed E-state index contributed by atoms with van der Waals surface area (Å²) >= 11 is 3.32. The van der Waals surface area contributed by atoms with Crippen LogP contribution >= 0.6 is 15.9 Å². The van der Waals surface area contributed by atoms with Crippen molar-refractivity contribution in [3.05, 3.63) is 22.7 Å². The Balaban J connectivity index is 2.44. The van der Waals surface area contributed by atoms with Gasteiger partial charge in [-0.1, -0.05) is 0 Å². The van der Waals surface area contributed by atoms with Crippen molar-refractivity contribution in [3.8, 4) is 5.75 Å². The molecule has 1 heterocycles. The molecular formula is C13H19BrN2O3S. The van der Waals surface area contributed by atoms with Gasteiger partial charge < -0.3 is 10.1 Å². The van der Waals surface area contributed by atoms with Crippen molar-refractivity contribution < 1.29 is 13.2 Å². The molecule has 0 aliphatic carbocycles. The van der Waals surface area contributed by atoms with Gasteiger partial charge in [0.05, 0.1) is 7.11 Å². The van der Waals surface area contributed by atoms with Crippen molar-refractivity contribution in [2.45, 2.75) is 30.8 Å². The lowest BCUT2D eigenvalue weighted by atomic mass is 10.1. The van der Waals surface area contributed by atoms with Crippen LogP contribution in [-0.2, 0) is 10.0 Å². The topological polar surface area (TPSA) is 58.6 Å². The van der Waals surface area contributed by atoms with Crippen molar-refractivity contribution in [3.63, 3.8) is 0 Å². The summed E-state index contributed by atoms with van der Waals surface area (Å²) in [6.45, 7) is 5.04. The Labute approximate surface area is 128 Å². The van der Waals surface area contributed by atoms with Gasteiger partial charge in [0, 0.05) is 35.7 Å². The van der Waals surface area contributed by atoms with E-state index in [-0.39, 0.29) is 17.0 Å². The largest absolute Gasteiger partial charge is 0.497 e. The minimum atomic E-state index is -3.54. The Hall–Kier alpha value is -0.630. The summed E-state index contributed by atoms with van der Waals surface area (Å²) in [5.74, 6) is 0.530. The zero-order chi connectivity index (χ0) is 14.9. The van der Waals surface area contributed by atoms with E-state index >= 15 is 0 Å². The minimum Gasteiger partial charge on any atom is -0.497 e. The lowest BCUT2D eigenvalue weighted by molar-refractivity contribution is 0.232. The van der Waals surface area contributed by atoms with E-state index in [2.05, 4.69) is 21.2 Å². The second kappa shape index (κ2) is 6.01. The Kier molecular flexibility index (Phi) is 4.73. The lowest BCUT2D eigenvalue weighted by Crippen LogP contribution is -2.57. The Bertz CT molecular complexity index is 591. The quantitative estimate of drug-likeness (QED) is 0.890. The van der Waals surface area contributed by atoms with Crippen LogP contribution in [0.15, 0.2) is 27.6 Å². The predicted molar refractivity (Wildman–Crippen MR) is 81.5 cm³/mol. The van der Waals surface area contributed by atoms with Gasteiger partial charge in [0.2, 0.25) is 10.0 Å². The maximum Gasteiger partial charge on any atom is 0.244 e. The molecule has 112 valence electrons. The molecule has 0 saturated carbocycles. The molecule has 0 radical (unpaired) electrons. The molecule has 0 spiro atoms. The van der Waals surface area contributed by atoms with Crippen LogP contribution in [0, 0.1) is 0 Å². The van der Waals surface area contributed by atoms with E-state index < -0.39 is 10.0 Å². The number of rotatable bonds is 3. The Morgan fingerprint density at radius 3 is 2.75 bits per heavy atom. The molecule has 1 aliphatic rings. The Morgan fingerprint density at radius 2 is 2.10 bits per heavy atom. The molecule has 7 heteroatoms. The molecule has 1 aliphatic heterocycles. The fourth-order valence-corrected chi connectivity index (χ4v) is 4.94. The average Bonchev–Trinajstić information content (AvgIpc) is 2.42. The minimum absolute atomic E-state index is 0.0909. The van der Waals surface area contributed by atoms with Crippen LogP contribution in [0.1, 0.15) is 13.8 Å². The van der Waals surface area contributed by atoms with E-state index in [1.807, 2.05) is 13.8 Å². The number of halogens is 1. The van der Waals surface area contributed by atoms with Crippen LogP contribution in [0.4, 0.5) is 0 Å². The second-order valence-corrected chi connectivity index (χ2v) is 7.61. The molecule has 20 heavy (non-hydrogen) atoms. The second-order valence-electron chi connectivity index (χ2n) is 4.90. The van der Waals surface area contributed by atoms with Crippen LogP contribution < -0.4 is 10.1 Å². The number of methoxy groups -OCH3 is 1. The van der Waals surface area contributed by atoms with Gasteiger partial charge in [-0.15, -0.1) is 0 Å². The first-order valence-corrected chi connectivity index (χ1v) is 8.70. The van der Waals surface area contributed by atoms with Crippen LogP contribution in [0.25, 0.3) is 0 Å². The SMILES string of the molecule is COc1ccc(Br)c(S(=O)(=O)N2CCNC(C)C2C)c1. The molecule has 0 bridgehead atoms. The fourth-order valence-electron chi connectivity index (χ4n) is 2.30. The molecule has 1 aromatic rings. The maximum absolute atomic E-state index is 12.8. The summed E-state index contributed by atoms with van der Waals surface area (Å²) in [7, 11) is -2.02. The van der Waals surface area contributed by atoms with E-state index in [4.69, 9.17) is 4.74 Å². The summed E-state index contributed by atoms with van der Waals surface area (Å²) in [4.78, 5) is 0.248. The molecule has 2 atom stereocenters. The number of hydrogen-bond donors (Lipinski definition) is 1. The van der Waals surface area contributed by atoms with Gasteiger partial charge in [-0.05, 0) is 41.9 Å². The van der Waals surface area contributed by atoms with E-state index in [1.54, 1.807) is 22.5 Å². The molecule has 1 saturated heterocycles. The number of nitrogens with zero attached hydrogens (tertiary/aromatic N) is 1. The van der Waals surface area contributed by atoms with Crippen molar-refractivity contribution in [1.82, 2.24) is 9.62 Å². The first-order valence-electron chi connectivity index (χ1n) is 6.46. The van der Waals surface area contributed by atoms with E-state index in [9.17, 15) is 8.42 Å². The molecule has 1 fully saturated rings. The van der Waals surface area contributed by atoms with Gasteiger partial charge in [0.15, 0.2) is 0 Å². The molecular weight excluding hydrogens is 344 g/mol. The highest BCUT2D eigenvalue weighted by atomic mass is 79.9. The van der Waals surface area contributed by atoms with Gasteiger partial charge in [-0.25, -0.2) is 8.42 Å². The van der Waals surface area contributed by atoms with Gasteiger partial charge in [0.1, 0.15) is 10.6 Å². The number of piperazine rings is 1. The summed E-state index contributed by atoms with van der Waals surface area (Å²) in [6, 6.07) is 5.02. The molecule has 5 nitrogen and oxygen atoms in total. The molecule has 0 amide bonds. The first-order chi connectivity index (χ1) is 9.37. The number of hydrogen-bond acceptors (Lipinski definition) is 4. The standard InChI is InChI=1S/C13H19BrN2O3S/c1-9-10(2)16(7-6-15-9)20(17,18)13-8-11(19-3)4-5-12(13)14/h4-5,8-10,15H,6-7H2,1-3H3. The highest BCUT2D eigenvalue weighted by Gasteiger charge is 2.35. The van der Waals surface area contributed by atoms with Crippen molar-refractivity contribution in [1.29, 1.82) is 0 Å². The molecule has 1 N–H and O–H groups in total. The summed E-state index contributed by atoms with van der Waals surface area (Å²) in [5, 5.41) is 3.28. The third kappa shape index (κ3) is 2.86. The lowest BCUT2D eigenvalue weighted by Gasteiger charge is -2.37. The number of nitrogens with one attached hydrogen (secondary N) is 1. The average molecular weight is 363 g/mol. The maximum atomic E-state index is 12.8. The number of sulfonamides is 1. The third-order valence-electron chi connectivity index (χ3n) is 3.70. The highest BCUT2D eigenvalue weighted by molar-refractivity contribution is 9.10. The van der Waals surface area contributed by atoms with Crippen LogP contribution in [0.2, 0.25) is 0 Å². The van der Waals surface area contributed by atoms with E-state index in [0.29, 0.717) is 23.3 Å². The van der Waals surface area contributed by atoms with Crippen LogP contribution in [0.3, 0.4) is 0 Å². The van der Waals surface area contributed by atoms with Gasteiger partial charge in [0.25, 0.3) is 0 Å². The van der Waals surface area contributed by atoms with Gasteiger partial charge >= 0.3 is 0 Å². The van der Waals surface area contributed by atoms with E-state index in [1.165, 1.54) is 7.11 Å². The molecule has 0 aromatic heterocycles. The number of ether oxygens (including phenoxy) is 1. The van der Waals surface area contributed by atoms with Crippen molar-refractivity contribution >= 4 is 26.0 Å². The van der Waals surface area contributed by atoms with Gasteiger partial charge in [-0.3, -0.25) is 0 Å². The van der Waals surface area contributed by atoms with Crippen LogP contribution in [0.5, 0.6) is 5.75 Å². The summed E-state index contributed by atoms with van der Waals surface area (Å²) in [5.41, 5.74) is 0. The Morgan fingerprint density at radius 1 is 1.40 bits per heavy atom. The van der Waals surface area contributed by atoms with E-state index in [0.717, 1.165) is 0 Å². The third-order valence-corrected chi connectivity index (χ3v) is 6.68. The van der Waals surface area contributed by atoms with Crippen molar-refractivity contribution in [2.24, 2.45) is 0 Å². The smallest absolute Gasteiger partial charge is 0.244 e. The fraction of sp³-hybridized carbons (Fsp3) is 0.538. The zero-order valence-corrected chi connectivity index (χ0v) is 14.2. The predicted octanol–water partition coefficient (Wildman–Crippen LogP) is 1.83. The van der Waals surface area contributed by atoms with Gasteiger partial charge in [-0.2, -0.15) is 4.31 Å². The van der Waals surface area contributed by atoms with Crippen molar-refractivity contribution in [2.75, 3.05) is 20.2 Å². The van der Waals surface area contributed by atoms with Crippen LogP contribution in [-0.4, -0.2) is 45.0 Å². The summed E-state index contributed by atoms with van der Waals surface area (Å²) in [6.07, 6.45) is 0.